The molecule has 6 nitrogen and oxygen atoms in total. The van der Waals surface area contributed by atoms with Crippen LogP contribution in [0.15, 0.2) is 59.5 Å². The Kier molecular flexibility index (Phi) is 6.98. The highest BCUT2D eigenvalue weighted by molar-refractivity contribution is 7.92. The molecule has 0 aromatic heterocycles. The van der Waals surface area contributed by atoms with Crippen molar-refractivity contribution in [2.24, 2.45) is 5.92 Å². The predicted molar refractivity (Wildman–Crippen MR) is 108 cm³/mol. The summed E-state index contributed by atoms with van der Waals surface area (Å²) in [5.74, 6) is 0.160. The normalized spacial score (nSPS) is 12.8. The molecule has 0 heterocycles. The van der Waals surface area contributed by atoms with Gasteiger partial charge in [-0.2, -0.15) is 0 Å². The van der Waals surface area contributed by atoms with Crippen molar-refractivity contribution in [2.45, 2.75) is 24.8 Å². The minimum atomic E-state index is -3.69. The Labute approximate surface area is 161 Å². The molecule has 0 aliphatic rings. The van der Waals surface area contributed by atoms with E-state index < -0.39 is 10.0 Å². The van der Waals surface area contributed by atoms with Crippen LogP contribution in [0.25, 0.3) is 0 Å². The predicted octanol–water partition coefficient (Wildman–Crippen LogP) is 2.80. The van der Waals surface area contributed by atoms with E-state index in [9.17, 15) is 13.2 Å². The summed E-state index contributed by atoms with van der Waals surface area (Å²) < 4.78 is 27.4. The molecular formula is C20H27N3O3S. The van der Waals surface area contributed by atoms with Gasteiger partial charge in [-0.05, 0) is 50.3 Å². The molecule has 27 heavy (non-hydrogen) atoms. The molecule has 0 aliphatic heterocycles. The second-order valence-electron chi connectivity index (χ2n) is 6.98. The average Bonchev–Trinajstić information content (AvgIpc) is 2.61. The molecule has 0 saturated heterocycles. The van der Waals surface area contributed by atoms with Crippen LogP contribution in [-0.4, -0.2) is 45.9 Å². The topological polar surface area (TPSA) is 78.5 Å². The van der Waals surface area contributed by atoms with E-state index in [4.69, 9.17) is 0 Å². The minimum Gasteiger partial charge on any atom is -0.350 e. The third kappa shape index (κ3) is 5.80. The summed E-state index contributed by atoms with van der Waals surface area (Å²) in [5.41, 5.74) is 0.754. The first-order valence-electron chi connectivity index (χ1n) is 8.83. The van der Waals surface area contributed by atoms with Gasteiger partial charge in [0.2, 0.25) is 0 Å². The lowest BCUT2D eigenvalue weighted by atomic mass is 10.0. The van der Waals surface area contributed by atoms with Gasteiger partial charge in [-0.1, -0.05) is 38.1 Å². The third-order valence-electron chi connectivity index (χ3n) is 4.34. The maximum atomic E-state index is 12.5. The average molecular weight is 390 g/mol. The molecule has 1 atom stereocenters. The molecular weight excluding hydrogens is 362 g/mol. The number of likely N-dealkylation sites (N-methyl/N-ethyl adjacent to an activating group) is 1. The number of carbonyl (C=O) groups excluding carboxylic acids is 1. The molecule has 1 unspecified atom stereocenters. The summed E-state index contributed by atoms with van der Waals surface area (Å²) in [6, 6.07) is 14.8. The first-order chi connectivity index (χ1) is 12.7. The van der Waals surface area contributed by atoms with Gasteiger partial charge in [0, 0.05) is 23.8 Å². The van der Waals surface area contributed by atoms with E-state index in [1.54, 1.807) is 36.4 Å². The fraction of sp³-hybridized carbons (Fsp3) is 0.350. The highest BCUT2D eigenvalue weighted by atomic mass is 32.2. The lowest BCUT2D eigenvalue weighted by molar-refractivity contribution is 0.0934. The van der Waals surface area contributed by atoms with Crippen LogP contribution >= 0.6 is 0 Å². The standard InChI is InChI=1S/C20H27N3O3S/c1-15(2)19(23(3)4)14-21-20(24)16-9-8-10-17(13-16)22-27(25,26)18-11-6-5-7-12-18/h5-13,15,19,22H,14H2,1-4H3,(H,21,24). The maximum absolute atomic E-state index is 12.5. The molecule has 0 aliphatic carbocycles. The molecule has 2 rings (SSSR count). The lowest BCUT2D eigenvalue weighted by Crippen LogP contribution is -2.43. The SMILES string of the molecule is CC(C)C(CNC(=O)c1cccc(NS(=O)(=O)c2ccccc2)c1)N(C)C. The highest BCUT2D eigenvalue weighted by Gasteiger charge is 2.18. The van der Waals surface area contributed by atoms with Crippen LogP contribution < -0.4 is 10.0 Å². The Hall–Kier alpha value is -2.38. The first-order valence-corrected chi connectivity index (χ1v) is 10.3. The zero-order chi connectivity index (χ0) is 20.0. The largest absolute Gasteiger partial charge is 0.350 e. The first kappa shape index (κ1) is 20.9. The summed E-state index contributed by atoms with van der Waals surface area (Å²) in [4.78, 5) is 14.7. The van der Waals surface area contributed by atoms with Crippen molar-refractivity contribution in [1.29, 1.82) is 0 Å². The second-order valence-corrected chi connectivity index (χ2v) is 8.67. The van der Waals surface area contributed by atoms with Crippen molar-refractivity contribution >= 4 is 21.6 Å². The van der Waals surface area contributed by atoms with Crippen molar-refractivity contribution in [1.82, 2.24) is 10.2 Å². The number of amides is 1. The third-order valence-corrected chi connectivity index (χ3v) is 5.73. The van der Waals surface area contributed by atoms with Gasteiger partial charge in [0.05, 0.1) is 4.90 Å². The Balaban J connectivity index is 2.10. The summed E-state index contributed by atoms with van der Waals surface area (Å²) in [6.07, 6.45) is 0. The number of nitrogens with zero attached hydrogens (tertiary/aromatic N) is 1. The molecule has 0 saturated carbocycles. The maximum Gasteiger partial charge on any atom is 0.261 e. The summed E-state index contributed by atoms with van der Waals surface area (Å²) in [5, 5.41) is 2.93. The molecule has 0 bridgehead atoms. The molecule has 1 amide bonds. The summed E-state index contributed by atoms with van der Waals surface area (Å²) in [7, 11) is 0.272. The van der Waals surface area contributed by atoms with Crippen LogP contribution in [0.1, 0.15) is 24.2 Å². The Morgan fingerprint density at radius 1 is 1.04 bits per heavy atom. The van der Waals surface area contributed by atoms with E-state index >= 15 is 0 Å². The van der Waals surface area contributed by atoms with E-state index in [1.165, 1.54) is 18.2 Å². The molecule has 2 aromatic carbocycles. The monoisotopic (exact) mass is 389 g/mol. The smallest absolute Gasteiger partial charge is 0.261 e. The number of anilines is 1. The van der Waals surface area contributed by atoms with Crippen molar-refractivity contribution in [3.05, 3.63) is 60.2 Å². The number of benzene rings is 2. The highest BCUT2D eigenvalue weighted by Crippen LogP contribution is 2.17. The van der Waals surface area contributed by atoms with Crippen molar-refractivity contribution in [3.63, 3.8) is 0 Å². The van der Waals surface area contributed by atoms with Crippen LogP contribution in [0.3, 0.4) is 0 Å². The number of hydrogen-bond acceptors (Lipinski definition) is 4. The van der Waals surface area contributed by atoms with Crippen LogP contribution in [-0.2, 0) is 10.0 Å². The molecule has 7 heteroatoms. The summed E-state index contributed by atoms with van der Waals surface area (Å²) >= 11 is 0. The van der Waals surface area contributed by atoms with Gasteiger partial charge in [0.15, 0.2) is 0 Å². The van der Waals surface area contributed by atoms with Gasteiger partial charge in [0.1, 0.15) is 0 Å². The van der Waals surface area contributed by atoms with E-state index in [0.29, 0.717) is 23.7 Å². The number of sulfonamides is 1. The Morgan fingerprint density at radius 3 is 2.30 bits per heavy atom. The van der Waals surface area contributed by atoms with Crippen molar-refractivity contribution in [3.8, 4) is 0 Å². The van der Waals surface area contributed by atoms with Crippen LogP contribution in [0.5, 0.6) is 0 Å². The van der Waals surface area contributed by atoms with Crippen molar-refractivity contribution in [2.75, 3.05) is 25.4 Å². The zero-order valence-electron chi connectivity index (χ0n) is 16.1. The zero-order valence-corrected chi connectivity index (χ0v) is 17.0. The molecule has 2 aromatic rings. The van der Waals surface area contributed by atoms with Gasteiger partial charge in [-0.3, -0.25) is 9.52 Å². The Bertz CT molecular complexity index is 857. The van der Waals surface area contributed by atoms with E-state index in [1.807, 2.05) is 14.1 Å². The van der Waals surface area contributed by atoms with Gasteiger partial charge in [-0.25, -0.2) is 8.42 Å². The number of hydrogen-bond donors (Lipinski definition) is 2. The van der Waals surface area contributed by atoms with Crippen LogP contribution in [0.2, 0.25) is 0 Å². The number of carbonyl (C=O) groups is 1. The second kappa shape index (κ2) is 9.01. The van der Waals surface area contributed by atoms with Gasteiger partial charge in [0.25, 0.3) is 15.9 Å². The molecule has 0 spiro atoms. The minimum absolute atomic E-state index is 0.172. The molecule has 146 valence electrons. The van der Waals surface area contributed by atoms with Gasteiger partial charge in [-0.15, -0.1) is 0 Å². The van der Waals surface area contributed by atoms with Crippen LogP contribution in [0.4, 0.5) is 5.69 Å². The van der Waals surface area contributed by atoms with Crippen molar-refractivity contribution < 1.29 is 13.2 Å². The molecule has 0 radical (unpaired) electrons. The fourth-order valence-electron chi connectivity index (χ4n) is 2.85. The fourth-order valence-corrected chi connectivity index (χ4v) is 3.92. The number of rotatable bonds is 8. The lowest BCUT2D eigenvalue weighted by Gasteiger charge is -2.28. The molecule has 0 fully saturated rings. The van der Waals surface area contributed by atoms with E-state index in [0.717, 1.165) is 0 Å². The van der Waals surface area contributed by atoms with E-state index in [2.05, 4.69) is 28.8 Å². The van der Waals surface area contributed by atoms with Crippen LogP contribution in [0, 0.1) is 5.92 Å². The van der Waals surface area contributed by atoms with Gasteiger partial charge < -0.3 is 10.2 Å². The van der Waals surface area contributed by atoms with E-state index in [-0.39, 0.29) is 16.8 Å². The summed E-state index contributed by atoms with van der Waals surface area (Å²) in [6.45, 7) is 4.73. The Morgan fingerprint density at radius 2 is 1.70 bits per heavy atom. The van der Waals surface area contributed by atoms with Gasteiger partial charge >= 0.3 is 0 Å². The quantitative estimate of drug-likeness (QED) is 0.728. The molecule has 2 N–H and O–H groups in total. The number of nitrogens with one attached hydrogen (secondary N) is 2.